The Balaban J connectivity index is 0.00000240. The van der Waals surface area contributed by atoms with Crippen molar-refractivity contribution in [1.82, 2.24) is 10.2 Å². The Kier molecular flexibility index (Phi) is 12.1. The van der Waals surface area contributed by atoms with Crippen LogP contribution >= 0.6 is 24.8 Å². The van der Waals surface area contributed by atoms with Crippen molar-refractivity contribution in [2.24, 2.45) is 5.92 Å². The molecule has 174 valence electrons. The molecule has 0 bridgehead atoms. The van der Waals surface area contributed by atoms with E-state index in [2.05, 4.69) is 15.1 Å². The van der Waals surface area contributed by atoms with Crippen molar-refractivity contribution in [3.8, 4) is 6.07 Å². The van der Waals surface area contributed by atoms with Crippen LogP contribution in [0.4, 0.5) is 14.5 Å². The fourth-order valence-corrected chi connectivity index (χ4v) is 4.40. The van der Waals surface area contributed by atoms with E-state index in [0.717, 1.165) is 64.1 Å². The smallest absolute Gasteiger partial charge is 0.263 e. The Morgan fingerprint density at radius 1 is 1.13 bits per heavy atom. The first-order valence-corrected chi connectivity index (χ1v) is 10.6. The predicted molar refractivity (Wildman–Crippen MR) is 123 cm³/mol. The molecule has 5 nitrogen and oxygen atoms in total. The monoisotopic (exact) mass is 476 g/mol. The first kappa shape index (κ1) is 27.4. The van der Waals surface area contributed by atoms with Gasteiger partial charge in [-0.1, -0.05) is 12.1 Å². The van der Waals surface area contributed by atoms with Crippen molar-refractivity contribution >= 4 is 36.4 Å². The quantitative estimate of drug-likeness (QED) is 0.625. The predicted octanol–water partition coefficient (Wildman–Crippen LogP) is 4.57. The second kappa shape index (κ2) is 13.7. The molecule has 1 saturated carbocycles. The van der Waals surface area contributed by atoms with Crippen molar-refractivity contribution < 1.29 is 13.6 Å². The maximum absolute atomic E-state index is 12.9. The highest BCUT2D eigenvalue weighted by molar-refractivity contribution is 5.85. The summed E-state index contributed by atoms with van der Waals surface area (Å²) in [5.74, 6) is 0.535. The fourth-order valence-electron chi connectivity index (χ4n) is 4.40. The van der Waals surface area contributed by atoms with Crippen LogP contribution in [0.2, 0.25) is 0 Å². The van der Waals surface area contributed by atoms with Gasteiger partial charge in [0.25, 0.3) is 6.43 Å². The maximum atomic E-state index is 12.9. The van der Waals surface area contributed by atoms with Crippen molar-refractivity contribution in [1.29, 1.82) is 5.26 Å². The van der Waals surface area contributed by atoms with Gasteiger partial charge in [-0.2, -0.15) is 5.26 Å². The van der Waals surface area contributed by atoms with Gasteiger partial charge in [-0.05, 0) is 56.7 Å². The van der Waals surface area contributed by atoms with Crippen molar-refractivity contribution in [3.63, 3.8) is 0 Å². The van der Waals surface area contributed by atoms with Gasteiger partial charge in [0.15, 0.2) is 0 Å². The molecule has 9 heteroatoms. The molecular weight excluding hydrogens is 445 g/mol. The molecule has 0 atom stereocenters. The van der Waals surface area contributed by atoms with E-state index < -0.39 is 6.43 Å². The summed E-state index contributed by atoms with van der Waals surface area (Å²) in [5.41, 5.74) is 0.976. The van der Waals surface area contributed by atoms with Gasteiger partial charge in [-0.3, -0.25) is 9.69 Å². The molecule has 31 heavy (non-hydrogen) atoms. The van der Waals surface area contributed by atoms with Crippen molar-refractivity contribution in [2.45, 2.75) is 51.0 Å². The summed E-state index contributed by atoms with van der Waals surface area (Å²) < 4.78 is 25.8. The molecule has 3 rings (SSSR count). The van der Waals surface area contributed by atoms with Crippen molar-refractivity contribution in [2.75, 3.05) is 37.6 Å². The van der Waals surface area contributed by atoms with E-state index in [-0.39, 0.29) is 48.7 Å². The summed E-state index contributed by atoms with van der Waals surface area (Å²) in [7, 11) is 0. The molecule has 0 unspecified atom stereocenters. The Bertz CT molecular complexity index is 716. The average molecular weight is 477 g/mol. The molecule has 1 aromatic carbocycles. The van der Waals surface area contributed by atoms with Crippen LogP contribution in [0, 0.1) is 17.2 Å². The first-order chi connectivity index (χ1) is 14.0. The minimum absolute atomic E-state index is 0. The largest absolute Gasteiger partial charge is 0.369 e. The van der Waals surface area contributed by atoms with E-state index in [1.807, 2.05) is 12.1 Å². The molecule has 1 aromatic rings. The number of hydrogen-bond donors (Lipinski definition) is 1. The first-order valence-electron chi connectivity index (χ1n) is 10.6. The zero-order valence-electron chi connectivity index (χ0n) is 17.6. The van der Waals surface area contributed by atoms with E-state index in [4.69, 9.17) is 5.26 Å². The molecular formula is C22H32Cl2F2N4O. The van der Waals surface area contributed by atoms with E-state index >= 15 is 0 Å². The van der Waals surface area contributed by atoms with E-state index in [1.54, 1.807) is 12.1 Å². The lowest BCUT2D eigenvalue weighted by Gasteiger charge is -2.37. The number of benzene rings is 1. The standard InChI is InChI=1S/C22H30F2N4O.2ClH/c23-22(24)18-2-1-3-20(16-18)28-14-12-27(13-15-28)11-9-17-4-6-19(7-5-17)26-21(29)8-10-25;;/h1-3,16-17,19,22H,4-9,11-15H2,(H,26,29);2*1H. The number of rotatable bonds is 7. The number of hydrogen-bond acceptors (Lipinski definition) is 4. The van der Waals surface area contributed by atoms with Gasteiger partial charge in [0.1, 0.15) is 6.42 Å². The number of nitriles is 1. The number of piperazine rings is 1. The molecule has 1 aliphatic heterocycles. The highest BCUT2D eigenvalue weighted by Crippen LogP contribution is 2.28. The SMILES string of the molecule is Cl.Cl.N#CCC(=O)NC1CCC(CCN2CCN(c3cccc(C(F)F)c3)CC2)CC1. The lowest BCUT2D eigenvalue weighted by Crippen LogP contribution is -2.47. The van der Waals surface area contributed by atoms with Crippen LogP contribution in [0.15, 0.2) is 24.3 Å². The number of carbonyl (C=O) groups excluding carboxylic acids is 1. The normalized spacial score (nSPS) is 21.5. The number of amides is 1. The van der Waals surface area contributed by atoms with E-state index in [1.165, 1.54) is 12.5 Å². The van der Waals surface area contributed by atoms with Gasteiger partial charge in [0, 0.05) is 43.5 Å². The minimum atomic E-state index is -2.43. The zero-order valence-corrected chi connectivity index (χ0v) is 19.3. The number of alkyl halides is 2. The summed E-state index contributed by atoms with van der Waals surface area (Å²) in [6, 6.07) is 8.82. The molecule has 1 amide bonds. The number of anilines is 1. The summed E-state index contributed by atoms with van der Waals surface area (Å²) in [5, 5.41) is 11.5. The van der Waals surface area contributed by atoms with Crippen LogP contribution in [-0.2, 0) is 4.79 Å². The lowest BCUT2D eigenvalue weighted by molar-refractivity contribution is -0.121. The fraction of sp³-hybridized carbons (Fsp3) is 0.636. The van der Waals surface area contributed by atoms with Gasteiger partial charge < -0.3 is 10.2 Å². The van der Waals surface area contributed by atoms with Crippen molar-refractivity contribution in [3.05, 3.63) is 29.8 Å². The second-order valence-corrected chi connectivity index (χ2v) is 8.13. The van der Waals surface area contributed by atoms with Gasteiger partial charge in [0.2, 0.25) is 5.91 Å². The summed E-state index contributed by atoms with van der Waals surface area (Å²) in [6.07, 6.45) is 2.92. The number of nitrogens with one attached hydrogen (secondary N) is 1. The van der Waals surface area contributed by atoms with Crippen LogP contribution in [0.1, 0.15) is 50.5 Å². The zero-order chi connectivity index (χ0) is 20.6. The molecule has 1 aliphatic carbocycles. The number of halogens is 4. The summed E-state index contributed by atoms with van der Waals surface area (Å²) >= 11 is 0. The van der Waals surface area contributed by atoms with Crippen LogP contribution in [-0.4, -0.2) is 49.6 Å². The molecule has 0 aromatic heterocycles. The summed E-state index contributed by atoms with van der Waals surface area (Å²) in [4.78, 5) is 16.2. The maximum Gasteiger partial charge on any atom is 0.263 e. The molecule has 1 saturated heterocycles. The van der Waals surface area contributed by atoms with Crippen LogP contribution < -0.4 is 10.2 Å². The minimum Gasteiger partial charge on any atom is -0.369 e. The number of carbonyl (C=O) groups is 1. The lowest BCUT2D eigenvalue weighted by atomic mass is 9.84. The molecule has 1 N–H and O–H groups in total. The highest BCUT2D eigenvalue weighted by Gasteiger charge is 2.24. The van der Waals surface area contributed by atoms with Crippen LogP contribution in [0.3, 0.4) is 0 Å². The third kappa shape index (κ3) is 8.44. The van der Waals surface area contributed by atoms with Gasteiger partial charge in [-0.15, -0.1) is 24.8 Å². The van der Waals surface area contributed by atoms with Gasteiger partial charge in [0.05, 0.1) is 6.07 Å². The third-order valence-corrected chi connectivity index (χ3v) is 6.16. The average Bonchev–Trinajstić information content (AvgIpc) is 2.74. The Labute approximate surface area is 196 Å². The third-order valence-electron chi connectivity index (χ3n) is 6.16. The Morgan fingerprint density at radius 2 is 1.81 bits per heavy atom. The number of nitrogens with zero attached hydrogens (tertiary/aromatic N) is 3. The second-order valence-electron chi connectivity index (χ2n) is 8.13. The molecule has 0 radical (unpaired) electrons. The molecule has 2 fully saturated rings. The van der Waals surface area contributed by atoms with Gasteiger partial charge >= 0.3 is 0 Å². The molecule has 1 heterocycles. The molecule has 2 aliphatic rings. The topological polar surface area (TPSA) is 59.4 Å². The van der Waals surface area contributed by atoms with Crippen LogP contribution in [0.5, 0.6) is 0 Å². The Morgan fingerprint density at radius 3 is 2.42 bits per heavy atom. The van der Waals surface area contributed by atoms with Gasteiger partial charge in [-0.25, -0.2) is 8.78 Å². The van der Waals surface area contributed by atoms with E-state index in [0.29, 0.717) is 5.92 Å². The molecule has 0 spiro atoms. The summed E-state index contributed by atoms with van der Waals surface area (Å²) in [6.45, 7) is 4.71. The van der Waals surface area contributed by atoms with Crippen LogP contribution in [0.25, 0.3) is 0 Å². The van der Waals surface area contributed by atoms with E-state index in [9.17, 15) is 13.6 Å². The Hall–Kier alpha value is -1.62. The highest BCUT2D eigenvalue weighted by atomic mass is 35.5.